The second kappa shape index (κ2) is 5.88. The predicted octanol–water partition coefficient (Wildman–Crippen LogP) is 1.59. The molecule has 0 bridgehead atoms. The highest BCUT2D eigenvalue weighted by Crippen LogP contribution is 2.22. The number of thioether (sulfide) groups is 1. The van der Waals surface area contributed by atoms with Crippen molar-refractivity contribution in [2.75, 3.05) is 19.9 Å². The van der Waals surface area contributed by atoms with Gasteiger partial charge in [-0.25, -0.2) is 4.99 Å². The molecule has 0 unspecified atom stereocenters. The summed E-state index contributed by atoms with van der Waals surface area (Å²) in [5, 5.41) is 0.700. The first-order valence-corrected chi connectivity index (χ1v) is 6.72. The third-order valence-corrected chi connectivity index (χ3v) is 3.74. The third-order valence-electron chi connectivity index (χ3n) is 2.72. The monoisotopic (exact) mass is 278 g/mol. The Balaban J connectivity index is 2.09. The smallest absolute Gasteiger partial charge is 0.309 e. The van der Waals surface area contributed by atoms with Crippen LogP contribution in [0.3, 0.4) is 0 Å². The van der Waals surface area contributed by atoms with Gasteiger partial charge in [0.2, 0.25) is 5.91 Å². The molecule has 0 saturated carbocycles. The molecule has 1 amide bonds. The molecule has 1 aromatic rings. The van der Waals surface area contributed by atoms with Gasteiger partial charge in [-0.1, -0.05) is 23.9 Å². The molecule has 0 atom stereocenters. The molecular weight excluding hydrogens is 264 g/mol. The van der Waals surface area contributed by atoms with Crippen LogP contribution >= 0.6 is 11.8 Å². The van der Waals surface area contributed by atoms with Crippen molar-refractivity contribution in [3.8, 4) is 0 Å². The number of amidine groups is 1. The summed E-state index contributed by atoms with van der Waals surface area (Å²) in [5.41, 5.74) is 1.64. The Morgan fingerprint density at radius 1 is 1.42 bits per heavy atom. The van der Waals surface area contributed by atoms with E-state index in [1.165, 1.54) is 18.9 Å². The predicted molar refractivity (Wildman–Crippen MR) is 74.5 cm³/mol. The first kappa shape index (κ1) is 13.6. The van der Waals surface area contributed by atoms with E-state index in [4.69, 9.17) is 0 Å². The number of methoxy groups -OCH3 is 1. The van der Waals surface area contributed by atoms with Crippen LogP contribution in [-0.4, -0.2) is 41.9 Å². The molecule has 19 heavy (non-hydrogen) atoms. The van der Waals surface area contributed by atoms with Crippen molar-refractivity contribution in [1.29, 1.82) is 0 Å². The van der Waals surface area contributed by atoms with Crippen LogP contribution in [0, 0.1) is 0 Å². The molecule has 1 saturated heterocycles. The van der Waals surface area contributed by atoms with E-state index in [0.717, 1.165) is 11.3 Å². The van der Waals surface area contributed by atoms with Gasteiger partial charge in [-0.3, -0.25) is 14.5 Å². The van der Waals surface area contributed by atoms with Gasteiger partial charge in [-0.2, -0.15) is 0 Å². The van der Waals surface area contributed by atoms with E-state index in [0.29, 0.717) is 10.9 Å². The van der Waals surface area contributed by atoms with E-state index in [2.05, 4.69) is 9.73 Å². The maximum Gasteiger partial charge on any atom is 0.309 e. The molecule has 1 aliphatic heterocycles. The van der Waals surface area contributed by atoms with Gasteiger partial charge in [0.1, 0.15) is 0 Å². The Kier molecular flexibility index (Phi) is 4.21. The Labute approximate surface area is 115 Å². The summed E-state index contributed by atoms with van der Waals surface area (Å²) in [7, 11) is 3.08. The SMILES string of the molecule is COC(=O)Cc1ccc(/N=C2\SCC(=O)N2C)cc1. The second-order valence-electron chi connectivity index (χ2n) is 4.06. The zero-order valence-corrected chi connectivity index (χ0v) is 11.6. The van der Waals surface area contributed by atoms with Gasteiger partial charge < -0.3 is 4.74 Å². The normalized spacial score (nSPS) is 17.1. The van der Waals surface area contributed by atoms with Gasteiger partial charge in [0.15, 0.2) is 5.17 Å². The molecule has 0 spiro atoms. The third kappa shape index (κ3) is 3.35. The van der Waals surface area contributed by atoms with E-state index in [1.54, 1.807) is 11.9 Å². The van der Waals surface area contributed by atoms with Crippen molar-refractivity contribution in [3.63, 3.8) is 0 Å². The highest BCUT2D eigenvalue weighted by Gasteiger charge is 2.24. The summed E-state index contributed by atoms with van der Waals surface area (Å²) in [5.74, 6) is 0.234. The molecule has 100 valence electrons. The molecule has 2 rings (SSSR count). The minimum atomic E-state index is -0.268. The van der Waals surface area contributed by atoms with Crippen molar-refractivity contribution >= 4 is 34.5 Å². The van der Waals surface area contributed by atoms with Crippen molar-refractivity contribution in [2.24, 2.45) is 4.99 Å². The van der Waals surface area contributed by atoms with Crippen LogP contribution in [0.1, 0.15) is 5.56 Å². The Morgan fingerprint density at radius 3 is 2.63 bits per heavy atom. The van der Waals surface area contributed by atoms with Gasteiger partial charge in [0.25, 0.3) is 0 Å². The molecule has 0 N–H and O–H groups in total. The number of aliphatic imine (C=N–C) groups is 1. The molecule has 5 nitrogen and oxygen atoms in total. The van der Waals surface area contributed by atoms with Crippen molar-refractivity contribution in [2.45, 2.75) is 6.42 Å². The van der Waals surface area contributed by atoms with E-state index >= 15 is 0 Å². The minimum Gasteiger partial charge on any atom is -0.469 e. The van der Waals surface area contributed by atoms with Gasteiger partial charge in [-0.15, -0.1) is 0 Å². The quantitative estimate of drug-likeness (QED) is 0.788. The standard InChI is InChI=1S/C13H14N2O3S/c1-15-11(16)8-19-13(15)14-10-5-3-9(4-6-10)7-12(17)18-2/h3-6H,7-8H2,1-2H3/b14-13-. The minimum absolute atomic E-state index is 0.0612. The summed E-state index contributed by atoms with van der Waals surface area (Å²) in [4.78, 5) is 28.4. The number of benzene rings is 1. The molecule has 1 heterocycles. The number of ether oxygens (including phenoxy) is 1. The lowest BCUT2D eigenvalue weighted by Crippen LogP contribution is -2.24. The first-order chi connectivity index (χ1) is 9.10. The maximum absolute atomic E-state index is 11.4. The zero-order chi connectivity index (χ0) is 13.8. The Morgan fingerprint density at radius 2 is 2.11 bits per heavy atom. The fraction of sp³-hybridized carbons (Fsp3) is 0.308. The molecule has 6 heteroatoms. The van der Waals surface area contributed by atoms with Crippen LogP contribution in [0.15, 0.2) is 29.3 Å². The number of carbonyl (C=O) groups is 2. The van der Waals surface area contributed by atoms with Crippen LogP contribution in [0.5, 0.6) is 0 Å². The fourth-order valence-corrected chi connectivity index (χ4v) is 2.48. The van der Waals surface area contributed by atoms with Crippen molar-refractivity contribution in [3.05, 3.63) is 29.8 Å². The van der Waals surface area contributed by atoms with Crippen LogP contribution in [-0.2, 0) is 20.7 Å². The van der Waals surface area contributed by atoms with E-state index < -0.39 is 0 Å². The van der Waals surface area contributed by atoms with Crippen molar-refractivity contribution < 1.29 is 14.3 Å². The second-order valence-corrected chi connectivity index (χ2v) is 5.00. The molecule has 0 aliphatic carbocycles. The lowest BCUT2D eigenvalue weighted by Gasteiger charge is -2.07. The molecule has 1 aromatic carbocycles. The summed E-state index contributed by atoms with van der Waals surface area (Å²) < 4.78 is 4.60. The van der Waals surface area contributed by atoms with Crippen LogP contribution < -0.4 is 0 Å². The van der Waals surface area contributed by atoms with E-state index in [1.807, 2.05) is 24.3 Å². The highest BCUT2D eigenvalue weighted by molar-refractivity contribution is 8.15. The average molecular weight is 278 g/mol. The van der Waals surface area contributed by atoms with Gasteiger partial charge in [-0.05, 0) is 17.7 Å². The summed E-state index contributed by atoms with van der Waals surface area (Å²) in [6.07, 6.45) is 0.250. The number of rotatable bonds is 3. The molecular formula is C13H14N2O3S. The average Bonchev–Trinajstić information content (AvgIpc) is 2.73. The topological polar surface area (TPSA) is 59.0 Å². The number of carbonyl (C=O) groups excluding carboxylic acids is 2. The van der Waals surface area contributed by atoms with E-state index in [-0.39, 0.29) is 18.3 Å². The van der Waals surface area contributed by atoms with Gasteiger partial charge in [0, 0.05) is 7.05 Å². The molecule has 0 radical (unpaired) electrons. The number of hydrogen-bond acceptors (Lipinski definition) is 5. The van der Waals surface area contributed by atoms with Crippen LogP contribution in [0.25, 0.3) is 0 Å². The molecule has 0 aromatic heterocycles. The lowest BCUT2D eigenvalue weighted by atomic mass is 10.1. The zero-order valence-electron chi connectivity index (χ0n) is 10.8. The summed E-state index contributed by atoms with van der Waals surface area (Å²) >= 11 is 1.42. The molecule has 1 aliphatic rings. The number of nitrogens with zero attached hydrogens (tertiary/aromatic N) is 2. The number of amides is 1. The summed E-state index contributed by atoms with van der Waals surface area (Å²) in [6.45, 7) is 0. The van der Waals surface area contributed by atoms with Crippen molar-refractivity contribution in [1.82, 2.24) is 4.90 Å². The van der Waals surface area contributed by atoms with Crippen LogP contribution in [0.2, 0.25) is 0 Å². The molecule has 1 fully saturated rings. The number of esters is 1. The van der Waals surface area contributed by atoms with Gasteiger partial charge >= 0.3 is 5.97 Å². The fourth-order valence-electron chi connectivity index (χ4n) is 1.57. The van der Waals surface area contributed by atoms with Gasteiger partial charge in [0.05, 0.1) is 25.0 Å². The Hall–Kier alpha value is -1.82. The number of hydrogen-bond donors (Lipinski definition) is 0. The summed E-state index contributed by atoms with van der Waals surface area (Å²) in [6, 6.07) is 7.31. The Bertz CT molecular complexity index is 525. The largest absolute Gasteiger partial charge is 0.469 e. The first-order valence-electron chi connectivity index (χ1n) is 5.74. The maximum atomic E-state index is 11.4. The van der Waals surface area contributed by atoms with Crippen LogP contribution in [0.4, 0.5) is 5.69 Å². The van der Waals surface area contributed by atoms with E-state index in [9.17, 15) is 9.59 Å². The highest BCUT2D eigenvalue weighted by atomic mass is 32.2. The lowest BCUT2D eigenvalue weighted by molar-refractivity contribution is -0.139.